The van der Waals surface area contributed by atoms with E-state index in [0.717, 1.165) is 23.0 Å². The molecule has 0 atom stereocenters. The maximum atomic E-state index is 12.0. The summed E-state index contributed by atoms with van der Waals surface area (Å²) >= 11 is 1.63. The lowest BCUT2D eigenvalue weighted by molar-refractivity contribution is 0.0600. The number of carbonyl (C=O) groups is 1. The third kappa shape index (κ3) is 4.05. The van der Waals surface area contributed by atoms with Crippen LogP contribution in [0.1, 0.15) is 27.2 Å². The Morgan fingerprint density at radius 3 is 2.59 bits per heavy atom. The van der Waals surface area contributed by atoms with Crippen LogP contribution in [-0.2, 0) is 17.0 Å². The average Bonchev–Trinajstić information content (AvgIpc) is 3.11. The van der Waals surface area contributed by atoms with E-state index in [4.69, 9.17) is 4.74 Å². The molecule has 4 nitrogen and oxygen atoms in total. The molecule has 1 heterocycles. The molecule has 0 saturated heterocycles. The summed E-state index contributed by atoms with van der Waals surface area (Å²) in [5.74, 6) is 0.341. The first-order chi connectivity index (χ1) is 14.2. The van der Waals surface area contributed by atoms with Crippen molar-refractivity contribution in [2.75, 3.05) is 7.11 Å². The molecule has 5 heteroatoms. The van der Waals surface area contributed by atoms with Crippen molar-refractivity contribution in [2.45, 2.75) is 24.4 Å². The minimum atomic E-state index is -0.309. The summed E-state index contributed by atoms with van der Waals surface area (Å²) < 4.78 is 7.14. The predicted molar refractivity (Wildman–Crippen MR) is 117 cm³/mol. The highest BCUT2D eigenvalue weighted by Crippen LogP contribution is 2.27. The topological polar surface area (TPSA) is 44.1 Å². The number of aromatic nitrogens is 2. The third-order valence-corrected chi connectivity index (χ3v) is 6.05. The number of hydrogen-bond donors (Lipinski definition) is 0. The van der Waals surface area contributed by atoms with E-state index in [1.54, 1.807) is 17.8 Å². The number of rotatable bonds is 6. The molecule has 0 N–H and O–H groups in total. The lowest BCUT2D eigenvalue weighted by Gasteiger charge is -2.13. The summed E-state index contributed by atoms with van der Waals surface area (Å²) in [7, 11) is 1.41. The Morgan fingerprint density at radius 1 is 1.00 bits per heavy atom. The van der Waals surface area contributed by atoms with Crippen molar-refractivity contribution in [3.63, 3.8) is 0 Å². The molecule has 3 aromatic carbocycles. The molecule has 0 aliphatic carbocycles. The van der Waals surface area contributed by atoms with Crippen LogP contribution in [0.15, 0.2) is 78.1 Å². The van der Waals surface area contributed by atoms with Crippen LogP contribution in [0.2, 0.25) is 0 Å². The van der Waals surface area contributed by atoms with Gasteiger partial charge in [-0.2, -0.15) is 0 Å². The second kappa shape index (κ2) is 8.53. The maximum Gasteiger partial charge on any atom is 0.338 e. The zero-order valence-corrected chi connectivity index (χ0v) is 17.3. The number of thioether (sulfide) groups is 1. The molecule has 0 unspecified atom stereocenters. The maximum absolute atomic E-state index is 12.0. The highest BCUT2D eigenvalue weighted by molar-refractivity contribution is 7.98. The lowest BCUT2D eigenvalue weighted by atomic mass is 10.0. The summed E-state index contributed by atoms with van der Waals surface area (Å²) in [6, 6.07) is 22.4. The summed E-state index contributed by atoms with van der Waals surface area (Å²) in [6.45, 7) is 2.83. The van der Waals surface area contributed by atoms with Gasteiger partial charge in [0.1, 0.15) is 0 Å². The summed E-state index contributed by atoms with van der Waals surface area (Å²) in [5, 5.41) is 3.44. The summed E-state index contributed by atoms with van der Waals surface area (Å²) in [5.41, 5.74) is 3.93. The Labute approximate surface area is 174 Å². The first-order valence-electron chi connectivity index (χ1n) is 9.45. The number of methoxy groups -OCH3 is 1. The first-order valence-corrected chi connectivity index (χ1v) is 10.4. The summed E-state index contributed by atoms with van der Waals surface area (Å²) in [6.07, 6.45) is 1.90. The third-order valence-electron chi connectivity index (χ3n) is 5.01. The number of fused-ring (bicyclic) bond motifs is 1. The fourth-order valence-electron chi connectivity index (χ4n) is 3.44. The number of hydrogen-bond acceptors (Lipinski definition) is 4. The monoisotopic (exact) mass is 402 g/mol. The molecule has 0 amide bonds. The van der Waals surface area contributed by atoms with E-state index in [2.05, 4.69) is 58.9 Å². The first kappa shape index (κ1) is 19.3. The van der Waals surface area contributed by atoms with Crippen molar-refractivity contribution >= 4 is 28.5 Å². The van der Waals surface area contributed by atoms with E-state index in [1.807, 2.05) is 24.4 Å². The van der Waals surface area contributed by atoms with E-state index in [0.29, 0.717) is 11.3 Å². The molecular weight excluding hydrogens is 380 g/mol. The van der Waals surface area contributed by atoms with Gasteiger partial charge in [0.05, 0.1) is 19.2 Å². The minimum absolute atomic E-state index is 0.309. The Bertz CT molecular complexity index is 1160. The molecule has 0 spiro atoms. The number of benzene rings is 3. The number of nitrogens with zero attached hydrogens (tertiary/aromatic N) is 2. The second-order valence-corrected chi connectivity index (χ2v) is 7.79. The van der Waals surface area contributed by atoms with Crippen LogP contribution in [0.4, 0.5) is 0 Å². The average molecular weight is 403 g/mol. The Balaban J connectivity index is 1.60. The lowest BCUT2D eigenvalue weighted by Crippen LogP contribution is -2.06. The van der Waals surface area contributed by atoms with Crippen molar-refractivity contribution in [2.24, 2.45) is 0 Å². The van der Waals surface area contributed by atoms with Gasteiger partial charge in [-0.15, -0.1) is 0 Å². The Hall–Kier alpha value is -3.05. The predicted octanol–water partition coefficient (Wildman–Crippen LogP) is 5.47. The fourth-order valence-corrected chi connectivity index (χ4v) is 4.47. The van der Waals surface area contributed by atoms with Gasteiger partial charge in [-0.3, -0.25) is 0 Å². The molecule has 0 bridgehead atoms. The van der Waals surface area contributed by atoms with E-state index in [-0.39, 0.29) is 5.97 Å². The largest absolute Gasteiger partial charge is 0.465 e. The normalized spacial score (nSPS) is 11.0. The van der Waals surface area contributed by atoms with E-state index in [9.17, 15) is 4.79 Å². The number of aryl methyl sites for hydroxylation is 1. The van der Waals surface area contributed by atoms with Gasteiger partial charge in [0.2, 0.25) is 0 Å². The molecular formula is C24H22N2O2S. The van der Waals surface area contributed by atoms with Crippen molar-refractivity contribution in [3.8, 4) is 0 Å². The highest BCUT2D eigenvalue weighted by atomic mass is 32.2. The van der Waals surface area contributed by atoms with Gasteiger partial charge in [-0.25, -0.2) is 9.78 Å². The molecule has 0 saturated carbocycles. The van der Waals surface area contributed by atoms with Crippen molar-refractivity contribution in [3.05, 3.63) is 95.3 Å². The zero-order valence-electron chi connectivity index (χ0n) is 16.5. The summed E-state index contributed by atoms with van der Waals surface area (Å²) in [4.78, 5) is 16.6. The SMILES string of the molecule is COC(=O)c1ccccc1CSc1ncc(C)n1Cc1cccc2ccccc12. The van der Waals surface area contributed by atoms with Gasteiger partial charge < -0.3 is 9.30 Å². The van der Waals surface area contributed by atoms with E-state index < -0.39 is 0 Å². The number of ether oxygens (including phenoxy) is 1. The van der Waals surface area contributed by atoms with Crippen LogP contribution in [0.3, 0.4) is 0 Å². The molecule has 0 aliphatic rings. The fraction of sp³-hybridized carbons (Fsp3) is 0.167. The minimum Gasteiger partial charge on any atom is -0.465 e. The van der Waals surface area contributed by atoms with Crippen molar-refractivity contribution in [1.29, 1.82) is 0 Å². The van der Waals surface area contributed by atoms with Gasteiger partial charge in [0.25, 0.3) is 0 Å². The van der Waals surface area contributed by atoms with Crippen LogP contribution in [0.5, 0.6) is 0 Å². The molecule has 146 valence electrons. The molecule has 29 heavy (non-hydrogen) atoms. The number of carbonyl (C=O) groups excluding carboxylic acids is 1. The number of esters is 1. The molecule has 0 aliphatic heterocycles. The van der Waals surface area contributed by atoms with E-state index >= 15 is 0 Å². The molecule has 0 fully saturated rings. The quantitative estimate of drug-likeness (QED) is 0.317. The standard InChI is InChI=1S/C24H22N2O2S/c1-17-14-25-24(29-16-20-9-4-6-13-22(20)23(27)28-2)26(17)15-19-11-7-10-18-8-3-5-12-21(18)19/h3-14H,15-16H2,1-2H3. The Morgan fingerprint density at radius 2 is 1.72 bits per heavy atom. The Kier molecular flexibility index (Phi) is 5.67. The molecule has 1 aromatic heterocycles. The smallest absolute Gasteiger partial charge is 0.338 e. The van der Waals surface area contributed by atoms with Gasteiger partial charge >= 0.3 is 5.97 Å². The van der Waals surface area contributed by atoms with Crippen molar-refractivity contribution in [1.82, 2.24) is 9.55 Å². The van der Waals surface area contributed by atoms with E-state index in [1.165, 1.54) is 23.4 Å². The van der Waals surface area contributed by atoms with Gasteiger partial charge in [-0.05, 0) is 34.9 Å². The molecule has 4 rings (SSSR count). The van der Waals surface area contributed by atoms with Crippen LogP contribution >= 0.6 is 11.8 Å². The van der Waals surface area contributed by atoms with Crippen LogP contribution < -0.4 is 0 Å². The van der Waals surface area contributed by atoms with Gasteiger partial charge in [0.15, 0.2) is 5.16 Å². The van der Waals surface area contributed by atoms with Crippen LogP contribution in [-0.4, -0.2) is 22.6 Å². The van der Waals surface area contributed by atoms with Crippen LogP contribution in [0.25, 0.3) is 10.8 Å². The second-order valence-electron chi connectivity index (χ2n) is 6.84. The van der Waals surface area contributed by atoms with Crippen LogP contribution in [0, 0.1) is 6.92 Å². The van der Waals surface area contributed by atoms with Gasteiger partial charge in [-0.1, -0.05) is 72.4 Å². The zero-order chi connectivity index (χ0) is 20.2. The number of imidazole rings is 1. The molecule has 4 aromatic rings. The highest BCUT2D eigenvalue weighted by Gasteiger charge is 2.14. The molecule has 0 radical (unpaired) electrons. The van der Waals surface area contributed by atoms with Gasteiger partial charge in [0, 0.05) is 17.6 Å². The van der Waals surface area contributed by atoms with Crippen molar-refractivity contribution < 1.29 is 9.53 Å².